The fraction of sp³-hybridized carbons (Fsp3) is 0.533. The molecule has 0 bridgehead atoms. The van der Waals surface area contributed by atoms with Crippen molar-refractivity contribution in [3.8, 4) is 0 Å². The van der Waals surface area contributed by atoms with E-state index in [1.165, 1.54) is 4.90 Å². The summed E-state index contributed by atoms with van der Waals surface area (Å²) in [6.45, 7) is 3.83. The van der Waals surface area contributed by atoms with Crippen LogP contribution in [0.15, 0.2) is 23.1 Å². The van der Waals surface area contributed by atoms with Crippen molar-refractivity contribution in [1.29, 1.82) is 0 Å². The molecule has 110 valence electrons. The zero-order valence-corrected chi connectivity index (χ0v) is 13.5. The van der Waals surface area contributed by atoms with Crippen LogP contribution in [0.4, 0.5) is 0 Å². The maximum atomic E-state index is 12.3. The van der Waals surface area contributed by atoms with Crippen LogP contribution in [0.1, 0.15) is 44.7 Å². The highest BCUT2D eigenvalue weighted by atomic mass is 35.5. The number of nitrogens with two attached hydrogens (primary N) is 1. The molecule has 1 heterocycles. The smallest absolute Gasteiger partial charge is 0.240 e. The first kappa shape index (κ1) is 15.7. The Labute approximate surface area is 129 Å². The third kappa shape index (κ3) is 3.48. The summed E-state index contributed by atoms with van der Waals surface area (Å²) in [5, 5.41) is 3.79. The van der Waals surface area contributed by atoms with Gasteiger partial charge in [0.15, 0.2) is 0 Å². The highest BCUT2D eigenvalue weighted by molar-refractivity contribution is 7.99. The number of thioether (sulfide) groups is 1. The number of carbonyl (C=O) groups is 1. The Morgan fingerprint density at radius 2 is 2.35 bits per heavy atom. The van der Waals surface area contributed by atoms with Gasteiger partial charge in [-0.1, -0.05) is 24.9 Å². The summed E-state index contributed by atoms with van der Waals surface area (Å²) in [4.78, 5) is 13.5. The van der Waals surface area contributed by atoms with Crippen LogP contribution in [0.3, 0.4) is 0 Å². The number of rotatable bonds is 4. The predicted molar refractivity (Wildman–Crippen MR) is 85.2 cm³/mol. The van der Waals surface area contributed by atoms with Crippen molar-refractivity contribution in [2.24, 2.45) is 5.73 Å². The molecule has 2 unspecified atom stereocenters. The van der Waals surface area contributed by atoms with Crippen molar-refractivity contribution in [2.75, 3.05) is 5.75 Å². The molecule has 1 amide bonds. The molecule has 0 aromatic heterocycles. The second-order valence-corrected chi connectivity index (χ2v) is 7.09. The van der Waals surface area contributed by atoms with E-state index in [-0.39, 0.29) is 11.9 Å². The van der Waals surface area contributed by atoms with E-state index in [1.54, 1.807) is 18.7 Å². The van der Waals surface area contributed by atoms with E-state index in [2.05, 4.69) is 5.32 Å². The molecule has 5 heteroatoms. The van der Waals surface area contributed by atoms with Crippen LogP contribution in [-0.4, -0.2) is 17.2 Å². The average molecular weight is 313 g/mol. The Morgan fingerprint density at radius 3 is 3.05 bits per heavy atom. The van der Waals surface area contributed by atoms with Crippen molar-refractivity contribution in [3.63, 3.8) is 0 Å². The van der Waals surface area contributed by atoms with E-state index in [1.807, 2.05) is 25.1 Å². The van der Waals surface area contributed by atoms with Gasteiger partial charge in [-0.3, -0.25) is 4.79 Å². The summed E-state index contributed by atoms with van der Waals surface area (Å²) in [5.74, 6) is 0.913. The summed E-state index contributed by atoms with van der Waals surface area (Å²) < 4.78 is 0. The lowest BCUT2D eigenvalue weighted by molar-refractivity contribution is -0.126. The Balaban J connectivity index is 2.16. The SMILES string of the molecule is CCCC(C)(N)C(=O)NC1CCSc2ccc(Cl)cc21. The van der Waals surface area contributed by atoms with Gasteiger partial charge in [-0.15, -0.1) is 11.8 Å². The van der Waals surface area contributed by atoms with E-state index < -0.39 is 5.54 Å². The number of amides is 1. The zero-order chi connectivity index (χ0) is 14.8. The summed E-state index contributed by atoms with van der Waals surface area (Å²) >= 11 is 7.88. The quantitative estimate of drug-likeness (QED) is 0.894. The van der Waals surface area contributed by atoms with Crippen molar-refractivity contribution < 1.29 is 4.79 Å². The van der Waals surface area contributed by atoms with Crippen LogP contribution in [0.5, 0.6) is 0 Å². The largest absolute Gasteiger partial charge is 0.348 e. The summed E-state index contributed by atoms with van der Waals surface area (Å²) in [5.41, 5.74) is 6.39. The van der Waals surface area contributed by atoms with Crippen LogP contribution in [0.25, 0.3) is 0 Å². The molecule has 0 radical (unpaired) electrons. The highest BCUT2D eigenvalue weighted by Crippen LogP contribution is 2.37. The molecule has 0 saturated heterocycles. The molecular weight excluding hydrogens is 292 g/mol. The Bertz CT molecular complexity index is 505. The van der Waals surface area contributed by atoms with Gasteiger partial charge in [0.05, 0.1) is 11.6 Å². The molecule has 0 fully saturated rings. The maximum Gasteiger partial charge on any atom is 0.240 e. The minimum absolute atomic E-state index is 0.0113. The number of hydrogen-bond donors (Lipinski definition) is 2. The molecule has 1 aliphatic rings. The Hall–Kier alpha value is -0.710. The van der Waals surface area contributed by atoms with Gasteiger partial charge in [0, 0.05) is 15.7 Å². The molecule has 1 aliphatic heterocycles. The minimum Gasteiger partial charge on any atom is -0.348 e. The van der Waals surface area contributed by atoms with Gasteiger partial charge in [-0.2, -0.15) is 0 Å². The summed E-state index contributed by atoms with van der Waals surface area (Å²) in [6, 6.07) is 5.87. The van der Waals surface area contributed by atoms with Gasteiger partial charge in [0.25, 0.3) is 0 Å². The Morgan fingerprint density at radius 1 is 1.60 bits per heavy atom. The number of fused-ring (bicyclic) bond motifs is 1. The van der Waals surface area contributed by atoms with E-state index in [4.69, 9.17) is 17.3 Å². The molecule has 3 N–H and O–H groups in total. The number of halogens is 1. The fourth-order valence-electron chi connectivity index (χ4n) is 2.47. The molecule has 0 aliphatic carbocycles. The first-order valence-corrected chi connectivity index (χ1v) is 8.32. The van der Waals surface area contributed by atoms with E-state index in [0.29, 0.717) is 11.4 Å². The standard InChI is InChI=1S/C15H21ClN2OS/c1-3-7-15(2,17)14(19)18-12-6-8-20-13-5-4-10(16)9-11(12)13/h4-5,9,12H,3,6-8,17H2,1-2H3,(H,18,19). The highest BCUT2D eigenvalue weighted by Gasteiger charge is 2.31. The predicted octanol–water partition coefficient (Wildman–Crippen LogP) is 3.51. The third-order valence-electron chi connectivity index (χ3n) is 3.60. The number of hydrogen-bond acceptors (Lipinski definition) is 3. The van der Waals surface area contributed by atoms with E-state index in [9.17, 15) is 4.79 Å². The lowest BCUT2D eigenvalue weighted by Crippen LogP contribution is -2.52. The first-order chi connectivity index (χ1) is 9.44. The van der Waals surface area contributed by atoms with Crippen molar-refractivity contribution >= 4 is 29.3 Å². The van der Waals surface area contributed by atoms with Crippen LogP contribution < -0.4 is 11.1 Å². The van der Waals surface area contributed by atoms with Gasteiger partial charge < -0.3 is 11.1 Å². The lowest BCUT2D eigenvalue weighted by Gasteiger charge is -2.30. The second-order valence-electron chi connectivity index (χ2n) is 5.51. The molecule has 3 nitrogen and oxygen atoms in total. The molecule has 2 rings (SSSR count). The van der Waals surface area contributed by atoms with Crippen LogP contribution in [-0.2, 0) is 4.79 Å². The van der Waals surface area contributed by atoms with Crippen molar-refractivity contribution in [3.05, 3.63) is 28.8 Å². The van der Waals surface area contributed by atoms with Gasteiger partial charge in [-0.25, -0.2) is 0 Å². The maximum absolute atomic E-state index is 12.3. The summed E-state index contributed by atoms with van der Waals surface area (Å²) in [6.07, 6.45) is 2.48. The summed E-state index contributed by atoms with van der Waals surface area (Å²) in [7, 11) is 0. The average Bonchev–Trinajstić information content (AvgIpc) is 2.39. The van der Waals surface area contributed by atoms with E-state index >= 15 is 0 Å². The normalized spacial score (nSPS) is 20.9. The second kappa shape index (κ2) is 6.37. The number of benzene rings is 1. The number of nitrogens with one attached hydrogen (secondary N) is 1. The fourth-order valence-corrected chi connectivity index (χ4v) is 3.76. The minimum atomic E-state index is -0.807. The van der Waals surface area contributed by atoms with E-state index in [0.717, 1.165) is 24.2 Å². The first-order valence-electron chi connectivity index (χ1n) is 6.96. The lowest BCUT2D eigenvalue weighted by atomic mass is 9.95. The third-order valence-corrected chi connectivity index (χ3v) is 4.96. The molecule has 0 spiro atoms. The molecule has 0 saturated carbocycles. The molecule has 2 atom stereocenters. The molecule has 1 aromatic carbocycles. The zero-order valence-electron chi connectivity index (χ0n) is 11.9. The monoisotopic (exact) mass is 312 g/mol. The molecule has 20 heavy (non-hydrogen) atoms. The van der Waals surface area contributed by atoms with Gasteiger partial charge in [-0.05, 0) is 43.5 Å². The van der Waals surface area contributed by atoms with Crippen LogP contribution in [0, 0.1) is 0 Å². The molecule has 1 aromatic rings. The van der Waals surface area contributed by atoms with Gasteiger partial charge >= 0.3 is 0 Å². The van der Waals surface area contributed by atoms with Crippen LogP contribution in [0.2, 0.25) is 5.02 Å². The number of carbonyl (C=O) groups excluding carboxylic acids is 1. The van der Waals surface area contributed by atoms with Crippen molar-refractivity contribution in [1.82, 2.24) is 5.32 Å². The van der Waals surface area contributed by atoms with Crippen LogP contribution >= 0.6 is 23.4 Å². The topological polar surface area (TPSA) is 55.1 Å². The van der Waals surface area contributed by atoms with Gasteiger partial charge in [0.1, 0.15) is 0 Å². The van der Waals surface area contributed by atoms with Crippen molar-refractivity contribution in [2.45, 2.75) is 49.6 Å². The van der Waals surface area contributed by atoms with Gasteiger partial charge in [0.2, 0.25) is 5.91 Å². The Kier molecular flexibility index (Phi) is 4.99. The molecular formula is C15H21ClN2OS.